The van der Waals surface area contributed by atoms with Gasteiger partial charge in [0.05, 0.1) is 0 Å². The van der Waals surface area contributed by atoms with Gasteiger partial charge in [0.15, 0.2) is 0 Å². The van der Waals surface area contributed by atoms with Gasteiger partial charge < -0.3 is 16.0 Å². The second kappa shape index (κ2) is 6.06. The molecule has 0 saturated heterocycles. The van der Waals surface area contributed by atoms with E-state index in [1.807, 2.05) is 19.1 Å². The highest BCUT2D eigenvalue weighted by Gasteiger charge is 2.28. The van der Waals surface area contributed by atoms with Crippen LogP contribution in [0.3, 0.4) is 0 Å². The summed E-state index contributed by atoms with van der Waals surface area (Å²) in [5, 5.41) is 2.96. The molecular weight excluding hydrogens is 238 g/mol. The Balaban J connectivity index is 2.17. The van der Waals surface area contributed by atoms with E-state index in [2.05, 4.69) is 29.3 Å². The zero-order valence-electron chi connectivity index (χ0n) is 11.7. The van der Waals surface area contributed by atoms with Crippen LogP contribution in [-0.4, -0.2) is 25.0 Å². The predicted molar refractivity (Wildman–Crippen MR) is 78.1 cm³/mol. The summed E-state index contributed by atoms with van der Waals surface area (Å²) in [5.74, 6) is 0.0899. The minimum absolute atomic E-state index is 0.0818. The van der Waals surface area contributed by atoms with Crippen LogP contribution < -0.4 is 16.0 Å². The van der Waals surface area contributed by atoms with Crippen LogP contribution in [0.4, 0.5) is 5.69 Å². The van der Waals surface area contributed by atoms with Crippen LogP contribution >= 0.6 is 0 Å². The number of fused-ring (bicyclic) bond motifs is 1. The van der Waals surface area contributed by atoms with Gasteiger partial charge in [-0.25, -0.2) is 0 Å². The SMILES string of the molecule is CCCNC(=O)C(C)N1CCC(N)c2ccccc21. The minimum atomic E-state index is -0.153. The molecule has 1 aliphatic heterocycles. The van der Waals surface area contributed by atoms with Crippen LogP contribution in [-0.2, 0) is 4.79 Å². The molecule has 0 radical (unpaired) electrons. The highest BCUT2D eigenvalue weighted by atomic mass is 16.2. The molecule has 19 heavy (non-hydrogen) atoms. The molecule has 1 aliphatic rings. The van der Waals surface area contributed by atoms with Crippen LogP contribution in [0, 0.1) is 0 Å². The van der Waals surface area contributed by atoms with Crippen molar-refractivity contribution < 1.29 is 4.79 Å². The summed E-state index contributed by atoms with van der Waals surface area (Å²) in [5.41, 5.74) is 8.38. The van der Waals surface area contributed by atoms with Gasteiger partial charge in [0.25, 0.3) is 0 Å². The van der Waals surface area contributed by atoms with Crippen LogP contribution in [0.2, 0.25) is 0 Å². The van der Waals surface area contributed by atoms with Gasteiger partial charge in [0.2, 0.25) is 5.91 Å². The van der Waals surface area contributed by atoms with Gasteiger partial charge in [-0.1, -0.05) is 25.1 Å². The van der Waals surface area contributed by atoms with Crippen molar-refractivity contribution in [1.82, 2.24) is 5.32 Å². The molecule has 1 aromatic rings. The largest absolute Gasteiger partial charge is 0.359 e. The fourth-order valence-corrected chi connectivity index (χ4v) is 2.56. The van der Waals surface area contributed by atoms with Crippen LogP contribution in [0.25, 0.3) is 0 Å². The highest BCUT2D eigenvalue weighted by Crippen LogP contribution is 2.33. The van der Waals surface area contributed by atoms with E-state index < -0.39 is 0 Å². The quantitative estimate of drug-likeness (QED) is 0.869. The molecule has 0 spiro atoms. The monoisotopic (exact) mass is 261 g/mol. The number of benzene rings is 1. The molecular formula is C15H23N3O. The molecule has 2 rings (SSSR count). The average molecular weight is 261 g/mol. The van der Waals surface area contributed by atoms with Crippen molar-refractivity contribution in [2.24, 2.45) is 5.73 Å². The van der Waals surface area contributed by atoms with Crippen molar-refractivity contribution in [2.45, 2.75) is 38.8 Å². The van der Waals surface area contributed by atoms with Crippen molar-refractivity contribution in [3.63, 3.8) is 0 Å². The summed E-state index contributed by atoms with van der Waals surface area (Å²) in [7, 11) is 0. The molecule has 1 aromatic carbocycles. The standard InChI is InChI=1S/C15H23N3O/c1-3-9-17-15(19)11(2)18-10-8-13(16)12-6-4-5-7-14(12)18/h4-7,11,13H,3,8-10,16H2,1-2H3,(H,17,19). The van der Waals surface area contributed by atoms with Gasteiger partial charge in [-0.15, -0.1) is 0 Å². The summed E-state index contributed by atoms with van der Waals surface area (Å²) in [6.07, 6.45) is 1.85. The molecule has 104 valence electrons. The fraction of sp³-hybridized carbons (Fsp3) is 0.533. The minimum Gasteiger partial charge on any atom is -0.359 e. The molecule has 0 aliphatic carbocycles. The fourth-order valence-electron chi connectivity index (χ4n) is 2.56. The Morgan fingerprint density at radius 2 is 2.26 bits per heavy atom. The normalized spacial score (nSPS) is 19.7. The molecule has 0 fully saturated rings. The first-order valence-electron chi connectivity index (χ1n) is 7.04. The third-order valence-electron chi connectivity index (χ3n) is 3.72. The lowest BCUT2D eigenvalue weighted by Gasteiger charge is -2.37. The zero-order chi connectivity index (χ0) is 13.8. The summed E-state index contributed by atoms with van der Waals surface area (Å²) in [4.78, 5) is 14.3. The summed E-state index contributed by atoms with van der Waals surface area (Å²) in [6.45, 7) is 5.58. The van der Waals surface area contributed by atoms with E-state index in [1.165, 1.54) is 0 Å². The number of rotatable bonds is 4. The van der Waals surface area contributed by atoms with Crippen molar-refractivity contribution >= 4 is 11.6 Å². The van der Waals surface area contributed by atoms with Crippen LogP contribution in [0.1, 0.15) is 38.3 Å². The van der Waals surface area contributed by atoms with Crippen molar-refractivity contribution in [3.8, 4) is 0 Å². The number of carbonyl (C=O) groups is 1. The molecule has 4 heteroatoms. The molecule has 0 bridgehead atoms. The predicted octanol–water partition coefficient (Wildman–Crippen LogP) is 1.81. The first-order chi connectivity index (χ1) is 9.15. The maximum absolute atomic E-state index is 12.1. The average Bonchev–Trinajstić information content (AvgIpc) is 2.45. The molecule has 3 N–H and O–H groups in total. The third-order valence-corrected chi connectivity index (χ3v) is 3.72. The van der Waals surface area contributed by atoms with E-state index in [0.717, 1.165) is 37.2 Å². The maximum Gasteiger partial charge on any atom is 0.242 e. The van der Waals surface area contributed by atoms with E-state index in [-0.39, 0.29) is 18.0 Å². The van der Waals surface area contributed by atoms with E-state index in [0.29, 0.717) is 0 Å². The number of nitrogens with two attached hydrogens (primary N) is 1. The number of nitrogens with one attached hydrogen (secondary N) is 1. The van der Waals surface area contributed by atoms with Gasteiger partial charge in [-0.3, -0.25) is 4.79 Å². The lowest BCUT2D eigenvalue weighted by atomic mass is 9.96. The van der Waals surface area contributed by atoms with Crippen LogP contribution in [0.15, 0.2) is 24.3 Å². The van der Waals surface area contributed by atoms with Gasteiger partial charge in [0.1, 0.15) is 6.04 Å². The van der Waals surface area contributed by atoms with Gasteiger partial charge in [-0.05, 0) is 31.4 Å². The Morgan fingerprint density at radius 1 is 1.53 bits per heavy atom. The molecule has 0 aromatic heterocycles. The Bertz CT molecular complexity index is 447. The number of para-hydroxylation sites is 1. The maximum atomic E-state index is 12.1. The molecule has 4 nitrogen and oxygen atoms in total. The number of carbonyl (C=O) groups excluding carboxylic acids is 1. The Morgan fingerprint density at radius 3 is 3.00 bits per heavy atom. The molecule has 1 heterocycles. The summed E-state index contributed by atoms with van der Waals surface area (Å²) >= 11 is 0. The Hall–Kier alpha value is -1.55. The second-order valence-corrected chi connectivity index (χ2v) is 5.11. The number of anilines is 1. The molecule has 2 atom stereocenters. The Kier molecular flexibility index (Phi) is 4.43. The van der Waals surface area contributed by atoms with Gasteiger partial charge >= 0.3 is 0 Å². The lowest BCUT2D eigenvalue weighted by Crippen LogP contribution is -2.48. The first kappa shape index (κ1) is 13.9. The molecule has 0 saturated carbocycles. The van der Waals surface area contributed by atoms with Crippen molar-refractivity contribution in [1.29, 1.82) is 0 Å². The second-order valence-electron chi connectivity index (χ2n) is 5.11. The zero-order valence-corrected chi connectivity index (χ0v) is 11.7. The summed E-state index contributed by atoms with van der Waals surface area (Å²) in [6, 6.07) is 8.05. The number of amides is 1. The van der Waals surface area contributed by atoms with E-state index in [1.54, 1.807) is 0 Å². The van der Waals surface area contributed by atoms with E-state index in [4.69, 9.17) is 5.73 Å². The molecule has 2 unspecified atom stereocenters. The van der Waals surface area contributed by atoms with E-state index in [9.17, 15) is 4.79 Å². The van der Waals surface area contributed by atoms with Crippen molar-refractivity contribution in [3.05, 3.63) is 29.8 Å². The number of hydrogen-bond donors (Lipinski definition) is 2. The highest BCUT2D eigenvalue weighted by molar-refractivity contribution is 5.85. The smallest absolute Gasteiger partial charge is 0.242 e. The molecule has 1 amide bonds. The number of hydrogen-bond acceptors (Lipinski definition) is 3. The topological polar surface area (TPSA) is 58.4 Å². The first-order valence-corrected chi connectivity index (χ1v) is 7.04. The lowest BCUT2D eigenvalue weighted by molar-refractivity contribution is -0.122. The van der Waals surface area contributed by atoms with E-state index >= 15 is 0 Å². The Labute approximate surface area is 115 Å². The van der Waals surface area contributed by atoms with Gasteiger partial charge in [-0.2, -0.15) is 0 Å². The summed E-state index contributed by atoms with van der Waals surface area (Å²) < 4.78 is 0. The van der Waals surface area contributed by atoms with Crippen molar-refractivity contribution in [2.75, 3.05) is 18.0 Å². The van der Waals surface area contributed by atoms with Gasteiger partial charge in [0, 0.05) is 24.8 Å². The van der Waals surface area contributed by atoms with Crippen LogP contribution in [0.5, 0.6) is 0 Å². The third kappa shape index (κ3) is 2.89. The number of nitrogens with zero attached hydrogens (tertiary/aromatic N) is 1.